The summed E-state index contributed by atoms with van der Waals surface area (Å²) in [6, 6.07) is 25.4. The highest BCUT2D eigenvalue weighted by molar-refractivity contribution is 6.19. The number of rotatable bonds is 1. The Bertz CT molecular complexity index is 1110. The standard InChI is InChI=1S/C23H16O/c24-21-13-11-17-14-20-18-9-5-4-6-15(18)10-12-19(20)22(23(17)21)16-7-2-1-3-8-16/h1-10,12,14H,11,13H2. The maximum atomic E-state index is 12.6. The first-order valence-corrected chi connectivity index (χ1v) is 8.39. The van der Waals surface area contributed by atoms with Crippen molar-refractivity contribution in [1.82, 2.24) is 0 Å². The molecule has 0 aromatic heterocycles. The molecule has 0 unspecified atom stereocenters. The van der Waals surface area contributed by atoms with Crippen LogP contribution in [0.15, 0.2) is 72.8 Å². The third-order valence-electron chi connectivity index (χ3n) is 5.09. The van der Waals surface area contributed by atoms with Gasteiger partial charge in [-0.3, -0.25) is 4.79 Å². The summed E-state index contributed by atoms with van der Waals surface area (Å²) >= 11 is 0. The van der Waals surface area contributed by atoms with E-state index in [2.05, 4.69) is 54.6 Å². The van der Waals surface area contributed by atoms with Crippen LogP contribution in [0.25, 0.3) is 32.7 Å². The van der Waals surface area contributed by atoms with Gasteiger partial charge in [-0.2, -0.15) is 0 Å². The van der Waals surface area contributed by atoms with Crippen molar-refractivity contribution in [3.8, 4) is 11.1 Å². The Hall–Kier alpha value is -2.93. The topological polar surface area (TPSA) is 17.1 Å². The summed E-state index contributed by atoms with van der Waals surface area (Å²) in [4.78, 5) is 12.6. The Kier molecular flexibility index (Phi) is 2.83. The second-order valence-corrected chi connectivity index (χ2v) is 6.46. The predicted octanol–water partition coefficient (Wildman–Crippen LogP) is 5.79. The molecule has 0 spiro atoms. The monoisotopic (exact) mass is 308 g/mol. The quantitative estimate of drug-likeness (QED) is 0.407. The van der Waals surface area contributed by atoms with Crippen LogP contribution in [0.2, 0.25) is 0 Å². The summed E-state index contributed by atoms with van der Waals surface area (Å²) in [5, 5.41) is 4.93. The molecular formula is C23H16O. The van der Waals surface area contributed by atoms with Gasteiger partial charge in [-0.25, -0.2) is 0 Å². The molecule has 4 aromatic carbocycles. The highest BCUT2D eigenvalue weighted by Gasteiger charge is 2.26. The number of benzene rings is 4. The molecule has 0 radical (unpaired) electrons. The molecule has 0 saturated heterocycles. The lowest BCUT2D eigenvalue weighted by molar-refractivity contribution is 0.0995. The zero-order valence-corrected chi connectivity index (χ0v) is 13.3. The zero-order chi connectivity index (χ0) is 16.1. The van der Waals surface area contributed by atoms with Crippen molar-refractivity contribution in [2.45, 2.75) is 12.8 Å². The fraction of sp³-hybridized carbons (Fsp3) is 0.0870. The van der Waals surface area contributed by atoms with Gasteiger partial charge in [0.05, 0.1) is 0 Å². The van der Waals surface area contributed by atoms with Gasteiger partial charge in [0.1, 0.15) is 0 Å². The van der Waals surface area contributed by atoms with Crippen molar-refractivity contribution in [1.29, 1.82) is 0 Å². The average Bonchev–Trinajstić information content (AvgIpc) is 3.01. The number of carbonyl (C=O) groups is 1. The summed E-state index contributed by atoms with van der Waals surface area (Å²) in [5.41, 5.74) is 4.37. The third kappa shape index (κ3) is 1.85. The number of fused-ring (bicyclic) bond motifs is 4. The first-order valence-electron chi connectivity index (χ1n) is 8.39. The summed E-state index contributed by atoms with van der Waals surface area (Å²) in [6.07, 6.45) is 1.48. The molecule has 1 nitrogen and oxygen atoms in total. The van der Waals surface area contributed by atoms with Gasteiger partial charge < -0.3 is 0 Å². The lowest BCUT2D eigenvalue weighted by Gasteiger charge is -2.14. The van der Waals surface area contributed by atoms with Crippen LogP contribution in [0, 0.1) is 0 Å². The van der Waals surface area contributed by atoms with E-state index >= 15 is 0 Å². The van der Waals surface area contributed by atoms with E-state index in [0.29, 0.717) is 6.42 Å². The zero-order valence-electron chi connectivity index (χ0n) is 13.3. The van der Waals surface area contributed by atoms with E-state index in [1.807, 2.05) is 18.2 Å². The van der Waals surface area contributed by atoms with Gasteiger partial charge in [0.25, 0.3) is 0 Å². The molecule has 1 heteroatoms. The van der Waals surface area contributed by atoms with E-state index in [9.17, 15) is 4.79 Å². The highest BCUT2D eigenvalue weighted by atomic mass is 16.1. The maximum Gasteiger partial charge on any atom is 0.164 e. The molecule has 0 saturated carbocycles. The minimum absolute atomic E-state index is 0.277. The molecule has 0 atom stereocenters. The molecule has 24 heavy (non-hydrogen) atoms. The fourth-order valence-corrected chi connectivity index (χ4v) is 4.00. The van der Waals surface area contributed by atoms with Crippen LogP contribution in [0.4, 0.5) is 0 Å². The van der Waals surface area contributed by atoms with Crippen molar-refractivity contribution < 1.29 is 4.79 Å². The molecular weight excluding hydrogens is 292 g/mol. The van der Waals surface area contributed by atoms with E-state index in [1.54, 1.807) is 0 Å². The molecule has 0 amide bonds. The Morgan fingerprint density at radius 1 is 0.625 bits per heavy atom. The maximum absolute atomic E-state index is 12.6. The van der Waals surface area contributed by atoms with Crippen LogP contribution in [0.1, 0.15) is 22.3 Å². The summed E-state index contributed by atoms with van der Waals surface area (Å²) in [5.74, 6) is 0.277. The van der Waals surface area contributed by atoms with Crippen molar-refractivity contribution in [2.75, 3.05) is 0 Å². The molecule has 0 aliphatic heterocycles. The van der Waals surface area contributed by atoms with Gasteiger partial charge in [0.2, 0.25) is 0 Å². The molecule has 114 valence electrons. The van der Waals surface area contributed by atoms with Crippen molar-refractivity contribution in [2.24, 2.45) is 0 Å². The van der Waals surface area contributed by atoms with Gasteiger partial charge >= 0.3 is 0 Å². The minimum atomic E-state index is 0.277. The Morgan fingerprint density at radius 2 is 1.42 bits per heavy atom. The SMILES string of the molecule is O=C1CCc2cc3c(ccc4ccccc43)c(-c3ccccc3)c21. The van der Waals surface area contributed by atoms with E-state index < -0.39 is 0 Å². The fourth-order valence-electron chi connectivity index (χ4n) is 4.00. The lowest BCUT2D eigenvalue weighted by atomic mass is 9.88. The highest BCUT2D eigenvalue weighted by Crippen LogP contribution is 2.40. The Morgan fingerprint density at radius 3 is 2.29 bits per heavy atom. The first kappa shape index (κ1) is 13.5. The number of aryl methyl sites for hydroxylation is 1. The van der Waals surface area contributed by atoms with E-state index in [4.69, 9.17) is 0 Å². The molecule has 0 bridgehead atoms. The Balaban J connectivity index is 2.00. The second kappa shape index (κ2) is 5.04. The van der Waals surface area contributed by atoms with Gasteiger partial charge in [-0.15, -0.1) is 0 Å². The Labute approximate surface area is 140 Å². The average molecular weight is 308 g/mol. The van der Waals surface area contributed by atoms with Gasteiger partial charge in [-0.05, 0) is 45.2 Å². The van der Waals surface area contributed by atoms with Crippen molar-refractivity contribution in [3.05, 3.63) is 83.9 Å². The van der Waals surface area contributed by atoms with Crippen LogP contribution in [0.5, 0.6) is 0 Å². The smallest absolute Gasteiger partial charge is 0.164 e. The van der Waals surface area contributed by atoms with Crippen LogP contribution >= 0.6 is 0 Å². The van der Waals surface area contributed by atoms with Gasteiger partial charge in [0, 0.05) is 17.5 Å². The third-order valence-corrected chi connectivity index (χ3v) is 5.09. The van der Waals surface area contributed by atoms with Gasteiger partial charge in [0.15, 0.2) is 5.78 Å². The van der Waals surface area contributed by atoms with Crippen molar-refractivity contribution in [3.63, 3.8) is 0 Å². The minimum Gasteiger partial charge on any atom is -0.294 e. The molecule has 4 aromatic rings. The van der Waals surface area contributed by atoms with E-state index in [0.717, 1.165) is 23.1 Å². The molecule has 0 fully saturated rings. The number of hydrogen-bond acceptors (Lipinski definition) is 1. The first-order chi connectivity index (χ1) is 11.8. The van der Waals surface area contributed by atoms with Crippen LogP contribution < -0.4 is 0 Å². The normalized spacial score (nSPS) is 13.6. The predicted molar refractivity (Wildman–Crippen MR) is 99.5 cm³/mol. The molecule has 1 aliphatic rings. The van der Waals surface area contributed by atoms with Crippen molar-refractivity contribution >= 4 is 27.3 Å². The lowest BCUT2D eigenvalue weighted by Crippen LogP contribution is -1.97. The largest absolute Gasteiger partial charge is 0.294 e. The number of carbonyl (C=O) groups excluding carboxylic acids is 1. The van der Waals surface area contributed by atoms with E-state index in [1.165, 1.54) is 27.1 Å². The van der Waals surface area contributed by atoms with Gasteiger partial charge in [-0.1, -0.05) is 66.7 Å². The number of ketones is 1. The molecule has 0 heterocycles. The number of Topliss-reactive ketones (excluding diaryl/α,β-unsaturated/α-hetero) is 1. The molecule has 5 rings (SSSR count). The van der Waals surface area contributed by atoms with Crippen LogP contribution in [-0.2, 0) is 6.42 Å². The van der Waals surface area contributed by atoms with Crippen LogP contribution in [-0.4, -0.2) is 5.78 Å². The summed E-state index contributed by atoms with van der Waals surface area (Å²) in [7, 11) is 0. The number of hydrogen-bond donors (Lipinski definition) is 0. The van der Waals surface area contributed by atoms with E-state index in [-0.39, 0.29) is 5.78 Å². The molecule has 1 aliphatic carbocycles. The molecule has 0 N–H and O–H groups in total. The summed E-state index contributed by atoms with van der Waals surface area (Å²) < 4.78 is 0. The second-order valence-electron chi connectivity index (χ2n) is 6.46. The van der Waals surface area contributed by atoms with Crippen LogP contribution in [0.3, 0.4) is 0 Å². The summed E-state index contributed by atoms with van der Waals surface area (Å²) in [6.45, 7) is 0.